The van der Waals surface area contributed by atoms with Crippen LogP contribution in [0.15, 0.2) is 0 Å². The third kappa shape index (κ3) is 3.04. The van der Waals surface area contributed by atoms with Gasteiger partial charge in [0.05, 0.1) is 19.3 Å². The second kappa shape index (κ2) is 5.97. The Hall–Kier alpha value is -1.34. The predicted octanol–water partition coefficient (Wildman–Crippen LogP) is 0.0452. The fourth-order valence-electron chi connectivity index (χ4n) is 2.79. The van der Waals surface area contributed by atoms with Crippen LogP contribution in [0.1, 0.15) is 32.6 Å². The molecule has 7 nitrogen and oxygen atoms in total. The number of nitrogens with two attached hydrogens (primary N) is 1. The summed E-state index contributed by atoms with van der Waals surface area (Å²) >= 11 is 0. The topological polar surface area (TPSA) is 114 Å². The van der Waals surface area contributed by atoms with Gasteiger partial charge in [-0.2, -0.15) is 0 Å². The van der Waals surface area contributed by atoms with E-state index in [1.54, 1.807) is 6.92 Å². The fourth-order valence-corrected chi connectivity index (χ4v) is 2.79. The minimum Gasteiger partial charge on any atom is -0.481 e. The van der Waals surface area contributed by atoms with Crippen molar-refractivity contribution in [1.29, 1.82) is 0 Å². The predicted molar refractivity (Wildman–Crippen MR) is 72.2 cm³/mol. The van der Waals surface area contributed by atoms with Crippen LogP contribution in [0.3, 0.4) is 0 Å². The van der Waals surface area contributed by atoms with Crippen molar-refractivity contribution >= 4 is 12.0 Å². The molecule has 5 N–H and O–H groups in total. The van der Waals surface area contributed by atoms with Gasteiger partial charge in [-0.1, -0.05) is 12.8 Å². The smallest absolute Gasteiger partial charge is 0.315 e. The Labute approximate surface area is 118 Å². The summed E-state index contributed by atoms with van der Waals surface area (Å²) < 4.78 is 5.20. The maximum absolute atomic E-state index is 12.0. The van der Waals surface area contributed by atoms with Crippen LogP contribution < -0.4 is 16.4 Å². The molecule has 0 bridgehead atoms. The van der Waals surface area contributed by atoms with Gasteiger partial charge in [0.2, 0.25) is 0 Å². The number of rotatable bonds is 3. The molecule has 0 spiro atoms. The largest absolute Gasteiger partial charge is 0.481 e. The van der Waals surface area contributed by atoms with Gasteiger partial charge >= 0.3 is 12.0 Å². The first-order chi connectivity index (χ1) is 9.43. The molecule has 2 rings (SSSR count). The Kier molecular flexibility index (Phi) is 4.49. The monoisotopic (exact) mass is 285 g/mol. The highest BCUT2D eigenvalue weighted by atomic mass is 16.5. The van der Waals surface area contributed by atoms with Crippen molar-refractivity contribution in [1.82, 2.24) is 10.6 Å². The van der Waals surface area contributed by atoms with E-state index in [4.69, 9.17) is 10.5 Å². The molecule has 1 aliphatic heterocycles. The molecule has 1 saturated heterocycles. The molecule has 1 aliphatic carbocycles. The highest BCUT2D eigenvalue weighted by Crippen LogP contribution is 2.28. The highest BCUT2D eigenvalue weighted by Gasteiger charge is 2.47. The third-order valence-corrected chi connectivity index (χ3v) is 4.39. The van der Waals surface area contributed by atoms with Gasteiger partial charge in [0, 0.05) is 12.1 Å². The van der Waals surface area contributed by atoms with Crippen molar-refractivity contribution < 1.29 is 19.4 Å². The number of aliphatic carboxylic acids is 1. The van der Waals surface area contributed by atoms with E-state index in [9.17, 15) is 14.7 Å². The van der Waals surface area contributed by atoms with E-state index in [1.807, 2.05) is 0 Å². The number of carboxylic acids is 1. The van der Waals surface area contributed by atoms with Crippen molar-refractivity contribution in [3.8, 4) is 0 Å². The molecule has 20 heavy (non-hydrogen) atoms. The van der Waals surface area contributed by atoms with Gasteiger partial charge in [0.25, 0.3) is 0 Å². The van der Waals surface area contributed by atoms with Gasteiger partial charge in [-0.15, -0.1) is 0 Å². The van der Waals surface area contributed by atoms with Crippen molar-refractivity contribution in [2.75, 3.05) is 13.2 Å². The average molecular weight is 285 g/mol. The third-order valence-electron chi connectivity index (χ3n) is 4.39. The van der Waals surface area contributed by atoms with Crippen LogP contribution in [-0.2, 0) is 9.53 Å². The first-order valence-corrected chi connectivity index (χ1v) is 7.07. The summed E-state index contributed by atoms with van der Waals surface area (Å²) in [6.45, 7) is 1.91. The summed E-state index contributed by atoms with van der Waals surface area (Å²) in [5.74, 6) is -0.963. The molecule has 2 aliphatic rings. The number of carboxylic acid groups (broad SMARTS) is 1. The van der Waals surface area contributed by atoms with Gasteiger partial charge in [0.15, 0.2) is 0 Å². The van der Waals surface area contributed by atoms with Crippen LogP contribution in [0.25, 0.3) is 0 Å². The van der Waals surface area contributed by atoms with Crippen LogP contribution in [0.2, 0.25) is 0 Å². The lowest BCUT2D eigenvalue weighted by atomic mass is 9.85. The fraction of sp³-hybridized carbons (Fsp3) is 0.846. The molecule has 0 radical (unpaired) electrons. The number of hydrogen-bond acceptors (Lipinski definition) is 4. The molecule has 114 valence electrons. The van der Waals surface area contributed by atoms with Gasteiger partial charge in [-0.25, -0.2) is 4.79 Å². The molecule has 2 amide bonds. The van der Waals surface area contributed by atoms with Crippen molar-refractivity contribution in [2.45, 2.75) is 50.7 Å². The molecular formula is C13H23N3O4. The van der Waals surface area contributed by atoms with Crippen LogP contribution in [-0.4, -0.2) is 48.4 Å². The number of hydrogen-bond donors (Lipinski definition) is 4. The Morgan fingerprint density at radius 3 is 2.65 bits per heavy atom. The molecular weight excluding hydrogens is 262 g/mol. The molecule has 2 fully saturated rings. The first kappa shape index (κ1) is 15.1. The molecule has 1 heterocycles. The summed E-state index contributed by atoms with van der Waals surface area (Å²) in [4.78, 5) is 23.3. The standard InChI is InChI=1S/C13H23N3O4/c1-13(11(17)18)7-20-6-10(13)16-12(19)15-9-5-3-2-4-8(9)14/h8-10H,2-7,14H2,1H3,(H,17,18)(H2,15,16,19). The Morgan fingerprint density at radius 2 is 2.00 bits per heavy atom. The average Bonchev–Trinajstić information content (AvgIpc) is 2.75. The maximum atomic E-state index is 12.0. The van der Waals surface area contributed by atoms with Crippen LogP contribution >= 0.6 is 0 Å². The Balaban J connectivity index is 1.89. The Morgan fingerprint density at radius 1 is 1.30 bits per heavy atom. The van der Waals surface area contributed by atoms with E-state index in [0.29, 0.717) is 0 Å². The van der Waals surface area contributed by atoms with Crippen molar-refractivity contribution in [2.24, 2.45) is 11.1 Å². The molecule has 4 atom stereocenters. The van der Waals surface area contributed by atoms with Crippen molar-refractivity contribution in [3.05, 3.63) is 0 Å². The number of carbonyl (C=O) groups is 2. The van der Waals surface area contributed by atoms with E-state index in [1.165, 1.54) is 0 Å². The van der Waals surface area contributed by atoms with Gasteiger partial charge < -0.3 is 26.2 Å². The van der Waals surface area contributed by atoms with E-state index < -0.39 is 17.4 Å². The van der Waals surface area contributed by atoms with Gasteiger partial charge in [0.1, 0.15) is 5.41 Å². The van der Waals surface area contributed by atoms with Gasteiger partial charge in [-0.05, 0) is 19.8 Å². The molecule has 1 saturated carbocycles. The second-order valence-electron chi connectivity index (χ2n) is 5.96. The maximum Gasteiger partial charge on any atom is 0.315 e. The normalized spacial score (nSPS) is 37.4. The lowest BCUT2D eigenvalue weighted by molar-refractivity contribution is -0.148. The van der Waals surface area contributed by atoms with Crippen LogP contribution in [0, 0.1) is 5.41 Å². The van der Waals surface area contributed by atoms with Crippen molar-refractivity contribution in [3.63, 3.8) is 0 Å². The first-order valence-electron chi connectivity index (χ1n) is 7.07. The SMILES string of the molecule is CC1(C(=O)O)COCC1NC(=O)NC1CCCCC1N. The quantitative estimate of drug-likeness (QED) is 0.585. The number of amides is 2. The summed E-state index contributed by atoms with van der Waals surface area (Å²) in [6.07, 6.45) is 3.92. The lowest BCUT2D eigenvalue weighted by Crippen LogP contribution is -2.57. The lowest BCUT2D eigenvalue weighted by Gasteiger charge is -2.31. The number of urea groups is 1. The van der Waals surface area contributed by atoms with E-state index >= 15 is 0 Å². The molecule has 0 aromatic rings. The van der Waals surface area contributed by atoms with E-state index in [0.717, 1.165) is 25.7 Å². The zero-order valence-corrected chi connectivity index (χ0v) is 11.7. The molecule has 4 unspecified atom stereocenters. The summed E-state index contributed by atoms with van der Waals surface area (Å²) in [5.41, 5.74) is 4.90. The Bertz CT molecular complexity index is 390. The number of nitrogens with one attached hydrogen (secondary N) is 2. The zero-order valence-electron chi connectivity index (χ0n) is 11.7. The summed E-state index contributed by atoms with van der Waals surface area (Å²) in [5, 5.41) is 14.8. The number of ether oxygens (including phenoxy) is 1. The second-order valence-corrected chi connectivity index (χ2v) is 5.96. The molecule has 7 heteroatoms. The van der Waals surface area contributed by atoms with Crippen LogP contribution in [0.5, 0.6) is 0 Å². The molecule has 0 aromatic carbocycles. The number of carbonyl (C=O) groups excluding carboxylic acids is 1. The van der Waals surface area contributed by atoms with Crippen LogP contribution in [0.4, 0.5) is 4.79 Å². The highest BCUT2D eigenvalue weighted by molar-refractivity contribution is 5.79. The summed E-state index contributed by atoms with van der Waals surface area (Å²) in [6, 6.07) is -0.961. The minimum absolute atomic E-state index is 0.0276. The van der Waals surface area contributed by atoms with E-state index in [2.05, 4.69) is 10.6 Å². The van der Waals surface area contributed by atoms with Gasteiger partial charge in [-0.3, -0.25) is 4.79 Å². The summed E-state index contributed by atoms with van der Waals surface area (Å²) in [7, 11) is 0. The molecule has 0 aromatic heterocycles. The van der Waals surface area contributed by atoms with E-state index in [-0.39, 0.29) is 31.3 Å². The minimum atomic E-state index is -1.08. The zero-order chi connectivity index (χ0) is 14.8.